The zero-order chi connectivity index (χ0) is 14.4. The molecule has 0 aliphatic rings. The van der Waals surface area contributed by atoms with Crippen LogP contribution < -0.4 is 0 Å². The Morgan fingerprint density at radius 1 is 1.20 bits per heavy atom. The van der Waals surface area contributed by atoms with Crippen molar-refractivity contribution in [3.05, 3.63) is 50.9 Å². The van der Waals surface area contributed by atoms with E-state index in [4.69, 9.17) is 32.7 Å². The van der Waals surface area contributed by atoms with Crippen molar-refractivity contribution in [3.8, 4) is 0 Å². The third kappa shape index (κ3) is 4.18. The van der Waals surface area contributed by atoms with Gasteiger partial charge in [0.05, 0.1) is 13.2 Å². The maximum atomic E-state index is 11.7. The highest BCUT2D eigenvalue weighted by atomic mass is 35.5. The molecular weight excluding hydrogens is 321 g/mol. The van der Waals surface area contributed by atoms with Gasteiger partial charge < -0.3 is 9.47 Å². The van der Waals surface area contributed by atoms with Crippen molar-refractivity contribution < 1.29 is 14.3 Å². The number of carbonyl (C=O) groups is 1. The van der Waals surface area contributed by atoms with Gasteiger partial charge >= 0.3 is 5.97 Å². The van der Waals surface area contributed by atoms with E-state index in [9.17, 15) is 4.79 Å². The number of aromatic nitrogens is 1. The molecule has 0 aliphatic carbocycles. The summed E-state index contributed by atoms with van der Waals surface area (Å²) >= 11 is 12.4. The number of benzene rings is 1. The monoisotopic (exact) mass is 331 g/mol. The smallest absolute Gasteiger partial charge is 0.351 e. The van der Waals surface area contributed by atoms with Crippen molar-refractivity contribution in [1.29, 1.82) is 0 Å². The maximum absolute atomic E-state index is 11.7. The number of rotatable bonds is 6. The highest BCUT2D eigenvalue weighted by Gasteiger charge is 2.18. The van der Waals surface area contributed by atoms with Crippen LogP contribution in [0.4, 0.5) is 0 Å². The normalized spacial score (nSPS) is 10.5. The fourth-order valence-corrected chi connectivity index (χ4v) is 2.51. The molecule has 106 valence electrons. The van der Waals surface area contributed by atoms with Crippen LogP contribution in [-0.2, 0) is 16.1 Å². The summed E-state index contributed by atoms with van der Waals surface area (Å²) in [6.07, 6.45) is 0. The number of hydrogen-bond donors (Lipinski definition) is 0. The quantitative estimate of drug-likeness (QED) is 0.596. The van der Waals surface area contributed by atoms with Crippen molar-refractivity contribution in [3.63, 3.8) is 0 Å². The van der Waals surface area contributed by atoms with Gasteiger partial charge in [0.25, 0.3) is 0 Å². The van der Waals surface area contributed by atoms with E-state index in [1.54, 1.807) is 0 Å². The third-order valence-electron chi connectivity index (χ3n) is 2.36. The minimum absolute atomic E-state index is 0.115. The first-order valence-corrected chi connectivity index (χ1v) is 7.31. The standard InChI is InChI=1S/C13H11Cl2NO3S/c14-10-11(20-16-12(10)15)13(17)19-7-6-18-8-9-4-2-1-3-5-9/h1-5H,6-8H2. The summed E-state index contributed by atoms with van der Waals surface area (Å²) in [5.41, 5.74) is 1.07. The van der Waals surface area contributed by atoms with Crippen LogP contribution in [0.25, 0.3) is 0 Å². The highest BCUT2D eigenvalue weighted by molar-refractivity contribution is 7.09. The molecule has 0 unspecified atom stereocenters. The molecule has 0 aliphatic heterocycles. The fourth-order valence-electron chi connectivity index (χ4n) is 1.41. The number of ether oxygens (including phenoxy) is 2. The van der Waals surface area contributed by atoms with Gasteiger partial charge in [-0.05, 0) is 17.1 Å². The first-order valence-electron chi connectivity index (χ1n) is 5.78. The van der Waals surface area contributed by atoms with Crippen LogP contribution in [0.3, 0.4) is 0 Å². The second kappa shape index (κ2) is 7.59. The van der Waals surface area contributed by atoms with Gasteiger partial charge in [0.2, 0.25) is 0 Å². The fraction of sp³-hybridized carbons (Fsp3) is 0.231. The van der Waals surface area contributed by atoms with Crippen LogP contribution in [0, 0.1) is 0 Å². The number of esters is 1. The van der Waals surface area contributed by atoms with E-state index in [0.29, 0.717) is 13.2 Å². The lowest BCUT2D eigenvalue weighted by atomic mass is 10.2. The molecule has 1 aromatic heterocycles. The molecule has 0 radical (unpaired) electrons. The van der Waals surface area contributed by atoms with Crippen LogP contribution >= 0.6 is 34.7 Å². The van der Waals surface area contributed by atoms with E-state index in [-0.39, 0.29) is 21.7 Å². The molecule has 1 heterocycles. The molecule has 1 aromatic carbocycles. The number of nitrogens with zero attached hydrogens (tertiary/aromatic N) is 1. The molecule has 0 fully saturated rings. The summed E-state index contributed by atoms with van der Waals surface area (Å²) in [7, 11) is 0. The van der Waals surface area contributed by atoms with Crippen LogP contribution in [0.2, 0.25) is 10.2 Å². The van der Waals surface area contributed by atoms with Crippen molar-refractivity contribution in [1.82, 2.24) is 4.37 Å². The predicted molar refractivity (Wildman–Crippen MR) is 78.5 cm³/mol. The van der Waals surface area contributed by atoms with Gasteiger partial charge in [-0.2, -0.15) is 4.37 Å². The zero-order valence-electron chi connectivity index (χ0n) is 10.3. The van der Waals surface area contributed by atoms with Crippen molar-refractivity contribution >= 4 is 40.7 Å². The van der Waals surface area contributed by atoms with E-state index < -0.39 is 5.97 Å². The predicted octanol–water partition coefficient (Wildman–Crippen LogP) is 3.82. The molecule has 0 amide bonds. The molecule has 2 rings (SSSR count). The Morgan fingerprint density at radius 3 is 2.60 bits per heavy atom. The van der Waals surface area contributed by atoms with Gasteiger partial charge in [-0.25, -0.2) is 4.79 Å². The number of halogens is 2. The van der Waals surface area contributed by atoms with Gasteiger partial charge in [0.15, 0.2) is 10.0 Å². The minimum Gasteiger partial charge on any atom is -0.459 e. The molecule has 0 spiro atoms. The second-order valence-electron chi connectivity index (χ2n) is 3.79. The minimum atomic E-state index is -0.539. The highest BCUT2D eigenvalue weighted by Crippen LogP contribution is 2.28. The number of hydrogen-bond acceptors (Lipinski definition) is 5. The van der Waals surface area contributed by atoms with E-state index >= 15 is 0 Å². The molecule has 0 N–H and O–H groups in total. The Balaban J connectivity index is 1.69. The lowest BCUT2D eigenvalue weighted by Crippen LogP contribution is -2.10. The van der Waals surface area contributed by atoms with Crippen molar-refractivity contribution in [2.75, 3.05) is 13.2 Å². The Kier molecular flexibility index (Phi) is 5.79. The molecule has 7 heteroatoms. The van der Waals surface area contributed by atoms with Crippen LogP contribution in [-0.4, -0.2) is 23.6 Å². The Hall–Kier alpha value is -1.14. The summed E-state index contributed by atoms with van der Waals surface area (Å²) in [5, 5.41) is 0.246. The average molecular weight is 332 g/mol. The Bertz CT molecular complexity index is 574. The average Bonchev–Trinajstić information content (AvgIpc) is 2.80. The molecule has 20 heavy (non-hydrogen) atoms. The molecule has 0 bridgehead atoms. The molecule has 0 saturated heterocycles. The largest absolute Gasteiger partial charge is 0.459 e. The molecule has 2 aromatic rings. The second-order valence-corrected chi connectivity index (χ2v) is 5.30. The summed E-state index contributed by atoms with van der Waals surface area (Å²) in [6.45, 7) is 0.938. The van der Waals surface area contributed by atoms with E-state index in [0.717, 1.165) is 17.1 Å². The summed E-state index contributed by atoms with van der Waals surface area (Å²) in [4.78, 5) is 11.9. The van der Waals surface area contributed by atoms with E-state index in [2.05, 4.69) is 4.37 Å². The third-order valence-corrected chi connectivity index (χ3v) is 4.13. The number of carbonyl (C=O) groups excluding carboxylic acids is 1. The van der Waals surface area contributed by atoms with E-state index in [1.165, 1.54) is 0 Å². The summed E-state index contributed by atoms with van der Waals surface area (Å²) in [6, 6.07) is 9.74. The Labute approximate surface area is 130 Å². The SMILES string of the molecule is O=C(OCCOCc1ccccc1)c1snc(Cl)c1Cl. The van der Waals surface area contributed by atoms with Crippen LogP contribution in [0.5, 0.6) is 0 Å². The molecule has 4 nitrogen and oxygen atoms in total. The van der Waals surface area contributed by atoms with Gasteiger partial charge in [-0.3, -0.25) is 0 Å². The van der Waals surface area contributed by atoms with Gasteiger partial charge in [-0.1, -0.05) is 53.5 Å². The molecule has 0 atom stereocenters. The first kappa shape index (κ1) is 15.3. The molecule has 0 saturated carbocycles. The van der Waals surface area contributed by atoms with Crippen LogP contribution in [0.1, 0.15) is 15.2 Å². The van der Waals surface area contributed by atoms with Crippen molar-refractivity contribution in [2.45, 2.75) is 6.61 Å². The first-order chi connectivity index (χ1) is 9.68. The van der Waals surface area contributed by atoms with Gasteiger partial charge in [-0.15, -0.1) is 0 Å². The lowest BCUT2D eigenvalue weighted by Gasteiger charge is -2.05. The van der Waals surface area contributed by atoms with Gasteiger partial charge in [0.1, 0.15) is 11.6 Å². The van der Waals surface area contributed by atoms with Gasteiger partial charge in [0, 0.05) is 0 Å². The lowest BCUT2D eigenvalue weighted by molar-refractivity contribution is 0.0293. The molecular formula is C13H11Cl2NO3S. The van der Waals surface area contributed by atoms with Crippen LogP contribution in [0.15, 0.2) is 30.3 Å². The summed E-state index contributed by atoms with van der Waals surface area (Å²) < 4.78 is 14.2. The Morgan fingerprint density at radius 2 is 1.95 bits per heavy atom. The van der Waals surface area contributed by atoms with E-state index in [1.807, 2.05) is 30.3 Å². The topological polar surface area (TPSA) is 48.4 Å². The van der Waals surface area contributed by atoms with Crippen molar-refractivity contribution in [2.24, 2.45) is 0 Å². The maximum Gasteiger partial charge on any atom is 0.351 e. The summed E-state index contributed by atoms with van der Waals surface area (Å²) in [5.74, 6) is -0.539. The zero-order valence-corrected chi connectivity index (χ0v) is 12.7.